The minimum atomic E-state index is -0.886. The average Bonchev–Trinajstić information content (AvgIpc) is 2.52. The molecule has 0 saturated heterocycles. The summed E-state index contributed by atoms with van der Waals surface area (Å²) in [5.41, 5.74) is 0.310. The Morgan fingerprint density at radius 2 is 1.83 bits per heavy atom. The first-order valence-electron chi connectivity index (χ1n) is 7.67. The van der Waals surface area contributed by atoms with Crippen LogP contribution in [0.15, 0.2) is 30.3 Å². The van der Waals surface area contributed by atoms with Gasteiger partial charge in [0.25, 0.3) is 5.91 Å². The highest BCUT2D eigenvalue weighted by atomic mass is 16.7. The van der Waals surface area contributed by atoms with Gasteiger partial charge in [-0.2, -0.15) is 0 Å². The van der Waals surface area contributed by atoms with E-state index in [1.54, 1.807) is 20.8 Å². The lowest BCUT2D eigenvalue weighted by molar-refractivity contribution is -0.181. The van der Waals surface area contributed by atoms with Gasteiger partial charge in [-0.05, 0) is 26.3 Å². The molecule has 0 aliphatic heterocycles. The van der Waals surface area contributed by atoms with Crippen LogP contribution in [0.25, 0.3) is 0 Å². The zero-order valence-corrected chi connectivity index (χ0v) is 14.9. The van der Waals surface area contributed by atoms with Gasteiger partial charge in [0.2, 0.25) is 0 Å². The van der Waals surface area contributed by atoms with Crippen LogP contribution in [0.3, 0.4) is 0 Å². The van der Waals surface area contributed by atoms with Gasteiger partial charge in [-0.3, -0.25) is 9.63 Å². The molecule has 0 bridgehead atoms. The number of nitrogens with zero attached hydrogens (tertiary/aromatic N) is 1. The van der Waals surface area contributed by atoms with Gasteiger partial charge in [0.05, 0.1) is 20.3 Å². The van der Waals surface area contributed by atoms with E-state index < -0.39 is 23.7 Å². The molecule has 7 nitrogen and oxygen atoms in total. The molecule has 24 heavy (non-hydrogen) atoms. The van der Waals surface area contributed by atoms with E-state index in [-0.39, 0.29) is 13.2 Å². The SMILES string of the molecule is CON(C)C(=O)C(CNC(=O)OC(C)(C)C)OCc1ccccc1. The molecule has 7 heteroatoms. The number of ether oxygens (including phenoxy) is 2. The largest absolute Gasteiger partial charge is 0.444 e. The van der Waals surface area contributed by atoms with Crippen molar-refractivity contribution in [1.29, 1.82) is 0 Å². The van der Waals surface area contributed by atoms with E-state index in [4.69, 9.17) is 14.3 Å². The summed E-state index contributed by atoms with van der Waals surface area (Å²) in [5, 5.41) is 3.61. The van der Waals surface area contributed by atoms with Gasteiger partial charge < -0.3 is 14.8 Å². The quantitative estimate of drug-likeness (QED) is 0.771. The Labute approximate surface area is 142 Å². The number of hydrogen-bond acceptors (Lipinski definition) is 5. The first kappa shape index (κ1) is 19.9. The summed E-state index contributed by atoms with van der Waals surface area (Å²) in [6.45, 7) is 5.51. The molecule has 134 valence electrons. The zero-order chi connectivity index (χ0) is 18.2. The average molecular weight is 338 g/mol. The van der Waals surface area contributed by atoms with Crippen LogP contribution in [0.5, 0.6) is 0 Å². The maximum Gasteiger partial charge on any atom is 0.407 e. The van der Waals surface area contributed by atoms with Crippen molar-refractivity contribution in [3.63, 3.8) is 0 Å². The third-order valence-corrected chi connectivity index (χ3v) is 2.98. The van der Waals surface area contributed by atoms with Gasteiger partial charge in [-0.25, -0.2) is 9.86 Å². The highest BCUT2D eigenvalue weighted by Gasteiger charge is 2.25. The fourth-order valence-electron chi connectivity index (χ4n) is 1.77. The Balaban J connectivity index is 2.64. The predicted molar refractivity (Wildman–Crippen MR) is 89.0 cm³/mol. The summed E-state index contributed by atoms with van der Waals surface area (Å²) < 4.78 is 10.8. The van der Waals surface area contributed by atoms with E-state index >= 15 is 0 Å². The highest BCUT2D eigenvalue weighted by Crippen LogP contribution is 2.08. The van der Waals surface area contributed by atoms with Gasteiger partial charge in [-0.15, -0.1) is 0 Å². The lowest BCUT2D eigenvalue weighted by atomic mass is 10.2. The Morgan fingerprint density at radius 1 is 1.21 bits per heavy atom. The molecule has 1 N–H and O–H groups in total. The van der Waals surface area contributed by atoms with Crippen molar-refractivity contribution in [1.82, 2.24) is 10.4 Å². The Bertz CT molecular complexity index is 528. The van der Waals surface area contributed by atoms with Gasteiger partial charge in [0.1, 0.15) is 5.60 Å². The number of alkyl carbamates (subject to hydrolysis) is 1. The van der Waals surface area contributed by atoms with E-state index in [2.05, 4.69) is 5.32 Å². The van der Waals surface area contributed by atoms with E-state index in [0.29, 0.717) is 0 Å². The number of nitrogens with one attached hydrogen (secondary N) is 1. The molecule has 1 aromatic carbocycles. The van der Waals surface area contributed by atoms with Crippen molar-refractivity contribution < 1.29 is 23.9 Å². The number of hydroxylamine groups is 2. The predicted octanol–water partition coefficient (Wildman–Crippen LogP) is 2.12. The van der Waals surface area contributed by atoms with E-state index in [9.17, 15) is 9.59 Å². The van der Waals surface area contributed by atoms with Crippen molar-refractivity contribution in [3.05, 3.63) is 35.9 Å². The summed E-state index contributed by atoms with van der Waals surface area (Å²) in [6.07, 6.45) is -1.49. The summed E-state index contributed by atoms with van der Waals surface area (Å²) in [6, 6.07) is 9.45. The van der Waals surface area contributed by atoms with Crippen molar-refractivity contribution >= 4 is 12.0 Å². The monoisotopic (exact) mass is 338 g/mol. The van der Waals surface area contributed by atoms with Gasteiger partial charge in [-0.1, -0.05) is 30.3 Å². The minimum Gasteiger partial charge on any atom is -0.444 e. The molecule has 0 aliphatic carbocycles. The third kappa shape index (κ3) is 7.43. The number of rotatable bonds is 7. The van der Waals surface area contributed by atoms with Crippen LogP contribution in [0, 0.1) is 0 Å². The van der Waals surface area contributed by atoms with Crippen molar-refractivity contribution in [2.75, 3.05) is 20.7 Å². The summed E-state index contributed by atoms with van der Waals surface area (Å²) in [4.78, 5) is 28.9. The third-order valence-electron chi connectivity index (χ3n) is 2.98. The summed E-state index contributed by atoms with van der Waals surface area (Å²) >= 11 is 0. The van der Waals surface area contributed by atoms with Gasteiger partial charge in [0.15, 0.2) is 6.10 Å². The molecule has 0 aliphatic rings. The fraction of sp³-hybridized carbons (Fsp3) is 0.529. The Hall–Kier alpha value is -2.12. The van der Waals surface area contributed by atoms with Crippen LogP contribution in [-0.4, -0.2) is 49.5 Å². The van der Waals surface area contributed by atoms with Crippen LogP contribution >= 0.6 is 0 Å². The molecule has 1 atom stereocenters. The highest BCUT2D eigenvalue weighted by molar-refractivity contribution is 5.80. The normalized spacial score (nSPS) is 12.4. The molecule has 0 saturated carbocycles. The first-order chi connectivity index (χ1) is 11.2. The first-order valence-corrected chi connectivity index (χ1v) is 7.67. The number of amides is 2. The second-order valence-electron chi connectivity index (χ2n) is 6.19. The second-order valence-corrected chi connectivity index (χ2v) is 6.19. The van der Waals surface area contributed by atoms with Crippen LogP contribution in [0.4, 0.5) is 4.79 Å². The zero-order valence-electron chi connectivity index (χ0n) is 14.9. The maximum atomic E-state index is 12.3. The summed E-state index contributed by atoms with van der Waals surface area (Å²) in [7, 11) is 2.86. The van der Waals surface area contributed by atoms with Crippen molar-refractivity contribution in [2.45, 2.75) is 39.1 Å². The lowest BCUT2D eigenvalue weighted by Crippen LogP contribution is -2.45. The maximum absolute atomic E-state index is 12.3. The number of hydrogen-bond donors (Lipinski definition) is 1. The van der Waals surface area contributed by atoms with E-state index in [1.807, 2.05) is 30.3 Å². The molecule has 1 aromatic rings. The van der Waals surface area contributed by atoms with Crippen LogP contribution in [0.2, 0.25) is 0 Å². The van der Waals surface area contributed by atoms with Crippen molar-refractivity contribution in [3.8, 4) is 0 Å². The molecule has 0 fully saturated rings. The number of carbonyl (C=O) groups is 2. The number of benzene rings is 1. The second kappa shape index (κ2) is 9.24. The van der Waals surface area contributed by atoms with E-state index in [0.717, 1.165) is 10.6 Å². The van der Waals surface area contributed by atoms with Crippen LogP contribution in [-0.2, 0) is 25.7 Å². The number of carbonyl (C=O) groups excluding carboxylic acids is 2. The van der Waals surface area contributed by atoms with E-state index in [1.165, 1.54) is 14.2 Å². The molecule has 2 amide bonds. The number of likely N-dealkylation sites (N-methyl/N-ethyl adjacent to an activating group) is 1. The topological polar surface area (TPSA) is 77.1 Å². The lowest BCUT2D eigenvalue weighted by Gasteiger charge is -2.24. The smallest absolute Gasteiger partial charge is 0.407 e. The molecular formula is C17H26N2O5. The van der Waals surface area contributed by atoms with Crippen LogP contribution < -0.4 is 5.32 Å². The molecule has 0 spiro atoms. The molecule has 0 aromatic heterocycles. The van der Waals surface area contributed by atoms with Gasteiger partial charge >= 0.3 is 6.09 Å². The summed E-state index contributed by atoms with van der Waals surface area (Å²) in [5.74, 6) is -0.399. The van der Waals surface area contributed by atoms with Crippen LogP contribution in [0.1, 0.15) is 26.3 Å². The van der Waals surface area contributed by atoms with Crippen molar-refractivity contribution in [2.24, 2.45) is 0 Å². The standard InChI is InChI=1S/C17H26N2O5/c1-17(2,3)24-16(21)18-11-14(15(20)19(4)22-5)23-12-13-9-7-6-8-10-13/h6-10,14H,11-12H2,1-5H3,(H,18,21). The molecular weight excluding hydrogens is 312 g/mol. The molecule has 1 rings (SSSR count). The molecule has 0 heterocycles. The Kier molecular flexibility index (Phi) is 7.67. The molecule has 1 unspecified atom stereocenters. The minimum absolute atomic E-state index is 0.0196. The molecule has 0 radical (unpaired) electrons. The fourth-order valence-corrected chi connectivity index (χ4v) is 1.77. The Morgan fingerprint density at radius 3 is 2.38 bits per heavy atom. The van der Waals surface area contributed by atoms with Gasteiger partial charge in [0, 0.05) is 7.05 Å².